The zero-order valence-electron chi connectivity index (χ0n) is 9.42. The average Bonchev–Trinajstić information content (AvgIpc) is 2.74. The van der Waals surface area contributed by atoms with Gasteiger partial charge in [0.2, 0.25) is 0 Å². The molecular formula is C13H16FNO. The van der Waals surface area contributed by atoms with E-state index in [1.165, 1.54) is 6.07 Å². The Balaban J connectivity index is 2.10. The maximum atomic E-state index is 13.5. The van der Waals surface area contributed by atoms with Crippen LogP contribution in [0.5, 0.6) is 0 Å². The summed E-state index contributed by atoms with van der Waals surface area (Å²) in [4.78, 5) is 11.9. The van der Waals surface area contributed by atoms with Gasteiger partial charge in [0.05, 0.1) is 5.56 Å². The van der Waals surface area contributed by atoms with Crippen LogP contribution in [0, 0.1) is 18.7 Å². The van der Waals surface area contributed by atoms with Crippen LogP contribution in [0.4, 0.5) is 4.39 Å². The second-order valence-electron chi connectivity index (χ2n) is 4.47. The molecular weight excluding hydrogens is 205 g/mol. The van der Waals surface area contributed by atoms with Gasteiger partial charge in [-0.05, 0) is 44.5 Å². The number of hydrogen-bond donors (Lipinski definition) is 1. The molecule has 1 aliphatic heterocycles. The van der Waals surface area contributed by atoms with E-state index in [-0.39, 0.29) is 11.3 Å². The largest absolute Gasteiger partial charge is 0.316 e. The molecule has 1 aliphatic rings. The minimum absolute atomic E-state index is 0.0742. The van der Waals surface area contributed by atoms with Crippen LogP contribution in [0.3, 0.4) is 0 Å². The van der Waals surface area contributed by atoms with Crippen LogP contribution in [0.1, 0.15) is 28.8 Å². The molecule has 2 rings (SSSR count). The molecule has 0 saturated carbocycles. The average molecular weight is 221 g/mol. The van der Waals surface area contributed by atoms with Gasteiger partial charge in [-0.1, -0.05) is 11.6 Å². The molecule has 3 heteroatoms. The Morgan fingerprint density at radius 3 is 3.06 bits per heavy atom. The van der Waals surface area contributed by atoms with Gasteiger partial charge in [0.25, 0.3) is 0 Å². The Hall–Kier alpha value is -1.22. The van der Waals surface area contributed by atoms with Gasteiger partial charge in [-0.3, -0.25) is 4.79 Å². The fraction of sp³-hybridized carbons (Fsp3) is 0.462. The highest BCUT2D eigenvalue weighted by molar-refractivity contribution is 5.96. The van der Waals surface area contributed by atoms with Gasteiger partial charge < -0.3 is 5.32 Å². The first kappa shape index (κ1) is 11.3. The highest BCUT2D eigenvalue weighted by atomic mass is 19.1. The number of hydrogen-bond acceptors (Lipinski definition) is 2. The van der Waals surface area contributed by atoms with E-state index in [1.807, 2.05) is 6.92 Å². The van der Waals surface area contributed by atoms with Crippen molar-refractivity contribution in [3.8, 4) is 0 Å². The molecule has 1 aromatic rings. The summed E-state index contributed by atoms with van der Waals surface area (Å²) in [6.45, 7) is 3.71. The van der Waals surface area contributed by atoms with Crippen LogP contribution in [0.2, 0.25) is 0 Å². The van der Waals surface area contributed by atoms with Crippen LogP contribution < -0.4 is 5.32 Å². The quantitative estimate of drug-likeness (QED) is 0.794. The lowest BCUT2D eigenvalue weighted by Crippen LogP contribution is -2.13. The Kier molecular flexibility index (Phi) is 3.34. The molecule has 1 aromatic carbocycles. The van der Waals surface area contributed by atoms with Gasteiger partial charge in [0.1, 0.15) is 5.82 Å². The van der Waals surface area contributed by atoms with Crippen molar-refractivity contribution in [3.63, 3.8) is 0 Å². The third-order valence-electron chi connectivity index (χ3n) is 3.06. The second-order valence-corrected chi connectivity index (χ2v) is 4.47. The molecule has 0 radical (unpaired) electrons. The summed E-state index contributed by atoms with van der Waals surface area (Å²) in [6.07, 6.45) is 1.46. The topological polar surface area (TPSA) is 29.1 Å². The van der Waals surface area contributed by atoms with Crippen molar-refractivity contribution >= 4 is 5.78 Å². The molecule has 1 N–H and O–H groups in total. The first-order valence-electron chi connectivity index (χ1n) is 5.67. The van der Waals surface area contributed by atoms with Gasteiger partial charge in [0.15, 0.2) is 5.78 Å². The van der Waals surface area contributed by atoms with E-state index in [2.05, 4.69) is 5.32 Å². The number of benzene rings is 1. The Morgan fingerprint density at radius 1 is 1.56 bits per heavy atom. The molecule has 0 spiro atoms. The van der Waals surface area contributed by atoms with Gasteiger partial charge in [-0.25, -0.2) is 4.39 Å². The normalized spacial score (nSPS) is 20.0. The second kappa shape index (κ2) is 4.74. The maximum Gasteiger partial charge on any atom is 0.166 e. The molecule has 86 valence electrons. The highest BCUT2D eigenvalue weighted by Gasteiger charge is 2.20. The number of ketones is 1. The lowest BCUT2D eigenvalue weighted by atomic mass is 9.96. The number of carbonyl (C=O) groups excluding carboxylic acids is 1. The summed E-state index contributed by atoms with van der Waals surface area (Å²) < 4.78 is 13.5. The van der Waals surface area contributed by atoms with E-state index in [0.717, 1.165) is 25.1 Å². The van der Waals surface area contributed by atoms with Crippen molar-refractivity contribution in [1.82, 2.24) is 5.32 Å². The van der Waals surface area contributed by atoms with Crippen molar-refractivity contribution in [2.45, 2.75) is 19.8 Å². The van der Waals surface area contributed by atoms with Gasteiger partial charge in [0, 0.05) is 6.42 Å². The van der Waals surface area contributed by atoms with Crippen molar-refractivity contribution in [2.75, 3.05) is 13.1 Å². The summed E-state index contributed by atoms with van der Waals surface area (Å²) in [6, 6.07) is 4.69. The Morgan fingerprint density at radius 2 is 2.38 bits per heavy atom. The third kappa shape index (κ3) is 2.47. The van der Waals surface area contributed by atoms with Gasteiger partial charge >= 0.3 is 0 Å². The van der Waals surface area contributed by atoms with Crippen LogP contribution >= 0.6 is 0 Å². The zero-order chi connectivity index (χ0) is 11.5. The molecule has 0 amide bonds. The number of Topliss-reactive ketones (excluding diaryl/α,β-unsaturated/α-hetero) is 1. The molecule has 16 heavy (non-hydrogen) atoms. The lowest BCUT2D eigenvalue weighted by Gasteiger charge is -2.08. The van der Waals surface area contributed by atoms with E-state index < -0.39 is 5.82 Å². The number of halogens is 1. The van der Waals surface area contributed by atoms with Crippen LogP contribution in [0.15, 0.2) is 18.2 Å². The van der Waals surface area contributed by atoms with Crippen LogP contribution in [-0.2, 0) is 0 Å². The van der Waals surface area contributed by atoms with Crippen molar-refractivity contribution in [1.29, 1.82) is 0 Å². The summed E-state index contributed by atoms with van der Waals surface area (Å²) >= 11 is 0. The lowest BCUT2D eigenvalue weighted by molar-refractivity contribution is 0.0960. The number of nitrogens with one attached hydrogen (secondary N) is 1. The predicted octanol–water partition coefficient (Wildman–Crippen LogP) is 2.32. The molecule has 1 saturated heterocycles. The molecule has 0 aliphatic carbocycles. The van der Waals surface area contributed by atoms with Crippen molar-refractivity contribution in [3.05, 3.63) is 35.1 Å². The minimum Gasteiger partial charge on any atom is -0.316 e. The monoisotopic (exact) mass is 221 g/mol. The van der Waals surface area contributed by atoms with Crippen LogP contribution in [0.25, 0.3) is 0 Å². The standard InChI is InChI=1S/C13H16FNO/c1-9-2-3-12(14)11(6-9)13(16)7-10-4-5-15-8-10/h2-3,6,10,15H,4-5,7-8H2,1H3. The van der Waals surface area contributed by atoms with E-state index in [4.69, 9.17) is 0 Å². The van der Waals surface area contributed by atoms with Gasteiger partial charge in [-0.2, -0.15) is 0 Å². The van der Waals surface area contributed by atoms with Gasteiger partial charge in [-0.15, -0.1) is 0 Å². The molecule has 1 atom stereocenters. The molecule has 2 nitrogen and oxygen atoms in total. The Bertz CT molecular complexity index is 397. The molecule has 1 heterocycles. The molecule has 0 bridgehead atoms. The number of rotatable bonds is 3. The maximum absolute atomic E-state index is 13.5. The van der Waals surface area contributed by atoms with E-state index in [1.54, 1.807) is 12.1 Å². The SMILES string of the molecule is Cc1ccc(F)c(C(=O)CC2CCNC2)c1. The highest BCUT2D eigenvalue weighted by Crippen LogP contribution is 2.18. The smallest absolute Gasteiger partial charge is 0.166 e. The minimum atomic E-state index is -0.401. The summed E-state index contributed by atoms with van der Waals surface area (Å²) in [7, 11) is 0. The van der Waals surface area contributed by atoms with Crippen molar-refractivity contribution < 1.29 is 9.18 Å². The summed E-state index contributed by atoms with van der Waals surface area (Å²) in [5, 5.41) is 3.21. The van der Waals surface area contributed by atoms with Crippen molar-refractivity contribution in [2.24, 2.45) is 5.92 Å². The fourth-order valence-electron chi connectivity index (χ4n) is 2.11. The number of carbonyl (C=O) groups is 1. The fourth-order valence-corrected chi connectivity index (χ4v) is 2.11. The summed E-state index contributed by atoms with van der Waals surface area (Å²) in [5.74, 6) is -0.108. The first-order valence-corrected chi connectivity index (χ1v) is 5.67. The molecule has 0 aromatic heterocycles. The Labute approximate surface area is 94.9 Å². The third-order valence-corrected chi connectivity index (χ3v) is 3.06. The first-order chi connectivity index (χ1) is 7.66. The van der Waals surface area contributed by atoms with E-state index in [0.29, 0.717) is 12.3 Å². The zero-order valence-corrected chi connectivity index (χ0v) is 9.42. The van der Waals surface area contributed by atoms with E-state index in [9.17, 15) is 9.18 Å². The van der Waals surface area contributed by atoms with Crippen LogP contribution in [-0.4, -0.2) is 18.9 Å². The van der Waals surface area contributed by atoms with E-state index >= 15 is 0 Å². The predicted molar refractivity (Wildman–Crippen MR) is 61.1 cm³/mol. The number of aryl methyl sites for hydroxylation is 1. The summed E-state index contributed by atoms with van der Waals surface area (Å²) in [5.41, 5.74) is 1.17. The molecule has 1 unspecified atom stereocenters. The molecule has 1 fully saturated rings.